The lowest BCUT2D eigenvalue weighted by molar-refractivity contribution is -0.138. The molecular formula is C25H31IN4O4. The average Bonchev–Trinajstić information content (AvgIpc) is 3.31. The van der Waals surface area contributed by atoms with Crippen molar-refractivity contribution in [2.24, 2.45) is 0 Å². The minimum Gasteiger partial charge on any atom is -0.481 e. The molecule has 1 aromatic rings. The summed E-state index contributed by atoms with van der Waals surface area (Å²) in [6.45, 7) is 1.75. The number of carbonyl (C=O) groups excluding carboxylic acids is 2. The van der Waals surface area contributed by atoms with Crippen LogP contribution in [0, 0.1) is 0 Å². The zero-order chi connectivity index (χ0) is 23.9. The van der Waals surface area contributed by atoms with Crippen molar-refractivity contribution in [1.29, 1.82) is 0 Å². The van der Waals surface area contributed by atoms with E-state index < -0.39 is 17.9 Å². The summed E-state index contributed by atoms with van der Waals surface area (Å²) >= 11 is -0.142. The molecule has 4 rings (SSSR count). The number of amides is 2. The number of hydrogen-bond donors (Lipinski definition) is 3. The molecule has 1 aromatic heterocycles. The van der Waals surface area contributed by atoms with Gasteiger partial charge in [-0.15, -0.1) is 0 Å². The average molecular weight is 578 g/mol. The van der Waals surface area contributed by atoms with Crippen LogP contribution in [-0.4, -0.2) is 55.5 Å². The number of allylic oxidation sites excluding steroid dienone is 3. The van der Waals surface area contributed by atoms with Gasteiger partial charge < -0.3 is 15.3 Å². The van der Waals surface area contributed by atoms with Crippen molar-refractivity contribution in [3.05, 3.63) is 51.4 Å². The number of nitrogens with zero attached hydrogens (tertiary/aromatic N) is 2. The molecule has 2 atom stereocenters. The highest BCUT2D eigenvalue weighted by atomic mass is 127. The maximum Gasteiger partial charge on any atom is 0.305 e. The van der Waals surface area contributed by atoms with E-state index >= 15 is 0 Å². The topological polar surface area (TPSA) is 112 Å². The number of hydrogen-bond acceptors (Lipinski definition) is 5. The first-order valence-electron chi connectivity index (χ1n) is 11.9. The third-order valence-electron chi connectivity index (χ3n) is 6.39. The van der Waals surface area contributed by atoms with Crippen LogP contribution in [0.3, 0.4) is 0 Å². The number of fused-ring (bicyclic) bond motifs is 1. The van der Waals surface area contributed by atoms with Crippen molar-refractivity contribution in [2.75, 3.05) is 13.1 Å². The maximum atomic E-state index is 13.0. The van der Waals surface area contributed by atoms with E-state index in [0.717, 1.165) is 32.2 Å². The van der Waals surface area contributed by atoms with Crippen LogP contribution in [0.25, 0.3) is 0 Å². The number of carboxylic acids is 1. The molecule has 2 saturated heterocycles. The summed E-state index contributed by atoms with van der Waals surface area (Å²) in [5.74, 6) is -1.66. The van der Waals surface area contributed by atoms with Crippen LogP contribution < -0.4 is 10.6 Å². The molecule has 3 aliphatic heterocycles. The highest BCUT2D eigenvalue weighted by molar-refractivity contribution is 14.2. The molecular weight excluding hydrogens is 547 g/mol. The van der Waals surface area contributed by atoms with E-state index in [0.29, 0.717) is 12.1 Å². The second-order valence-electron chi connectivity index (χ2n) is 8.85. The second-order valence-corrected chi connectivity index (χ2v) is 11.9. The Balaban J connectivity index is 1.31. The zero-order valence-corrected chi connectivity index (χ0v) is 21.3. The minimum atomic E-state index is -1.02. The summed E-state index contributed by atoms with van der Waals surface area (Å²) in [5.41, 5.74) is 2.08. The van der Waals surface area contributed by atoms with E-state index in [1.54, 1.807) is 18.3 Å². The fourth-order valence-corrected chi connectivity index (χ4v) is 7.58. The SMILES string of the molecule is O=C(O)C[C@H](NC(=O)CC(=O)N1CCCC1CCC1=CC=C2CCCNC2=I1)c1cccnc1. The lowest BCUT2D eigenvalue weighted by Gasteiger charge is -2.26. The Kier molecular flexibility index (Phi) is 8.60. The van der Waals surface area contributed by atoms with E-state index in [1.807, 2.05) is 4.90 Å². The molecule has 0 aliphatic carbocycles. The van der Waals surface area contributed by atoms with Crippen molar-refractivity contribution in [3.63, 3.8) is 0 Å². The van der Waals surface area contributed by atoms with Crippen molar-refractivity contribution in [2.45, 2.75) is 63.5 Å². The van der Waals surface area contributed by atoms with Gasteiger partial charge in [0.2, 0.25) is 11.8 Å². The smallest absolute Gasteiger partial charge is 0.305 e. The molecule has 3 aliphatic rings. The highest BCUT2D eigenvalue weighted by Crippen LogP contribution is 2.33. The van der Waals surface area contributed by atoms with Gasteiger partial charge in [0.15, 0.2) is 0 Å². The molecule has 0 aromatic carbocycles. The largest absolute Gasteiger partial charge is 0.481 e. The van der Waals surface area contributed by atoms with Gasteiger partial charge in [0, 0.05) is 31.5 Å². The second kappa shape index (κ2) is 11.8. The molecule has 3 N–H and O–H groups in total. The van der Waals surface area contributed by atoms with E-state index in [2.05, 4.69) is 27.8 Å². The predicted molar refractivity (Wildman–Crippen MR) is 138 cm³/mol. The van der Waals surface area contributed by atoms with Crippen molar-refractivity contribution in [1.82, 2.24) is 20.5 Å². The molecule has 34 heavy (non-hydrogen) atoms. The number of rotatable bonds is 9. The fourth-order valence-electron chi connectivity index (χ4n) is 4.69. The predicted octanol–water partition coefficient (Wildman–Crippen LogP) is 3.18. The van der Waals surface area contributed by atoms with E-state index in [-0.39, 0.29) is 45.5 Å². The van der Waals surface area contributed by atoms with Crippen molar-refractivity contribution >= 4 is 42.1 Å². The molecule has 4 heterocycles. The van der Waals surface area contributed by atoms with Gasteiger partial charge in [-0.25, -0.2) is 0 Å². The first-order chi connectivity index (χ1) is 16.5. The summed E-state index contributed by atoms with van der Waals surface area (Å²) in [6, 6.07) is 2.86. The fraction of sp³-hybridized carbons (Fsp3) is 0.480. The third-order valence-corrected chi connectivity index (χ3v) is 9.60. The van der Waals surface area contributed by atoms with Crippen molar-refractivity contribution in [3.8, 4) is 0 Å². The minimum absolute atomic E-state index is 0.142. The van der Waals surface area contributed by atoms with Crippen LogP contribution in [0.5, 0.6) is 0 Å². The third kappa shape index (κ3) is 6.59. The standard InChI is InChI=1S/C25H31IN4O4/c31-22(29-21(14-24(33)34)18-5-1-11-27-16-18)15-23(32)30-13-3-6-20(30)10-9-19-8-7-17-4-2-12-28-25(17)26-19/h1,5,7-8,11,16,20-21,28H,2-4,6,9-10,12-15H2,(H,29,31)(H,33,34)/t20?,21-/m0/s1. The van der Waals surface area contributed by atoms with Gasteiger partial charge in [0.05, 0.1) is 16.1 Å². The Morgan fingerprint density at radius 2 is 2.18 bits per heavy atom. The molecule has 0 spiro atoms. The number of carboxylic acid groups (broad SMARTS) is 1. The first kappa shape index (κ1) is 24.7. The van der Waals surface area contributed by atoms with Gasteiger partial charge in [0.1, 0.15) is 6.42 Å². The molecule has 2 amide bonds. The number of aromatic nitrogens is 1. The number of piperidine rings is 1. The van der Waals surface area contributed by atoms with Crippen molar-refractivity contribution < 1.29 is 19.5 Å². The number of halogens is 1. The summed E-state index contributed by atoms with van der Waals surface area (Å²) < 4.78 is 2.96. The molecule has 182 valence electrons. The molecule has 9 heteroatoms. The Bertz CT molecular complexity index is 1020. The Hall–Kier alpha value is -2.40. The van der Waals surface area contributed by atoms with Gasteiger partial charge in [-0.1, -0.05) is 38.9 Å². The number of likely N-dealkylation sites (tertiary alicyclic amines) is 1. The molecule has 0 saturated carbocycles. The maximum absolute atomic E-state index is 13.0. The Labute approximate surface area is 209 Å². The van der Waals surface area contributed by atoms with Gasteiger partial charge in [0.25, 0.3) is 0 Å². The Morgan fingerprint density at radius 3 is 2.97 bits per heavy atom. The number of pyridine rings is 1. The van der Waals surface area contributed by atoms with E-state index in [1.165, 1.54) is 31.8 Å². The van der Waals surface area contributed by atoms with E-state index in [4.69, 9.17) is 0 Å². The van der Waals surface area contributed by atoms with Crippen LogP contribution in [0.1, 0.15) is 63.0 Å². The van der Waals surface area contributed by atoms with E-state index in [9.17, 15) is 19.5 Å². The summed E-state index contributed by atoms with van der Waals surface area (Å²) in [6.07, 6.45) is 13.3. The van der Waals surface area contributed by atoms with Crippen LogP contribution in [0.15, 0.2) is 45.8 Å². The lowest BCUT2D eigenvalue weighted by Crippen LogP contribution is -2.39. The molecule has 2 fully saturated rings. The van der Waals surface area contributed by atoms with Crippen LogP contribution in [0.2, 0.25) is 0 Å². The van der Waals surface area contributed by atoms with Gasteiger partial charge in [-0.05, 0) is 59.3 Å². The summed E-state index contributed by atoms with van der Waals surface area (Å²) in [4.78, 5) is 42.7. The number of aliphatic carboxylic acids is 1. The summed E-state index contributed by atoms with van der Waals surface area (Å²) in [5, 5.41) is 15.5. The molecule has 0 bridgehead atoms. The van der Waals surface area contributed by atoms with Gasteiger partial charge >= 0.3 is 5.97 Å². The molecule has 1 unspecified atom stereocenters. The first-order valence-corrected chi connectivity index (χ1v) is 14.0. The van der Waals surface area contributed by atoms with Crippen LogP contribution in [-0.2, 0) is 14.4 Å². The van der Waals surface area contributed by atoms with Gasteiger partial charge in [-0.2, -0.15) is 0 Å². The zero-order valence-electron chi connectivity index (χ0n) is 19.1. The quantitative estimate of drug-likeness (QED) is 0.307. The monoisotopic (exact) mass is 578 g/mol. The molecule has 8 nitrogen and oxygen atoms in total. The van der Waals surface area contributed by atoms with Crippen LogP contribution >= 0.6 is 20.7 Å². The molecule has 0 radical (unpaired) electrons. The number of carbonyl (C=O) groups is 3. The lowest BCUT2D eigenvalue weighted by atomic mass is 10.1. The Morgan fingerprint density at radius 1 is 1.29 bits per heavy atom. The van der Waals surface area contributed by atoms with Gasteiger partial charge in [-0.3, -0.25) is 24.7 Å². The normalized spacial score (nSPS) is 20.8. The summed E-state index contributed by atoms with van der Waals surface area (Å²) in [7, 11) is 0. The number of nitrogens with one attached hydrogen (secondary N) is 2. The highest BCUT2D eigenvalue weighted by Gasteiger charge is 2.30. The van der Waals surface area contributed by atoms with Crippen LogP contribution in [0.4, 0.5) is 0 Å².